The number of piperidine rings is 1. The molecule has 2 N–H and O–H groups in total. The van der Waals surface area contributed by atoms with Gasteiger partial charge in [-0.1, -0.05) is 0 Å². The van der Waals surface area contributed by atoms with E-state index in [1.165, 1.54) is 24.9 Å². The summed E-state index contributed by atoms with van der Waals surface area (Å²) >= 11 is 0. The summed E-state index contributed by atoms with van der Waals surface area (Å²) in [5, 5.41) is 4.24. The van der Waals surface area contributed by atoms with Gasteiger partial charge < -0.3 is 10.6 Å². The van der Waals surface area contributed by atoms with Gasteiger partial charge in [-0.25, -0.2) is 9.50 Å². The molecule has 4 heterocycles. The third kappa shape index (κ3) is 2.26. The van der Waals surface area contributed by atoms with Crippen LogP contribution in [0.5, 0.6) is 0 Å². The van der Waals surface area contributed by atoms with Gasteiger partial charge in [0, 0.05) is 60.8 Å². The predicted octanol–water partition coefficient (Wildman–Crippen LogP) is 2.36. The number of nitrogens with two attached hydrogens (primary N) is 1. The largest absolute Gasteiger partial charge is 0.382 e. The van der Waals surface area contributed by atoms with Gasteiger partial charge in [0.1, 0.15) is 5.82 Å². The van der Waals surface area contributed by atoms with Gasteiger partial charge in [0.2, 0.25) is 0 Å². The van der Waals surface area contributed by atoms with E-state index in [-0.39, 0.29) is 0 Å². The highest BCUT2D eigenvalue weighted by Gasteiger charge is 2.16. The van der Waals surface area contributed by atoms with E-state index in [4.69, 9.17) is 5.73 Å². The van der Waals surface area contributed by atoms with Crippen LogP contribution < -0.4 is 10.6 Å². The number of fused-ring (bicyclic) bond motifs is 1. The normalized spacial score (nSPS) is 15.4. The van der Waals surface area contributed by atoms with Crippen LogP contribution in [-0.4, -0.2) is 32.7 Å². The lowest BCUT2D eigenvalue weighted by atomic mass is 10.1. The number of rotatable bonds is 2. The Kier molecular flexibility index (Phi) is 3.14. The summed E-state index contributed by atoms with van der Waals surface area (Å²) < 4.78 is 1.72. The van der Waals surface area contributed by atoms with E-state index in [1.54, 1.807) is 10.6 Å². The molecule has 0 spiro atoms. The van der Waals surface area contributed by atoms with Crippen molar-refractivity contribution in [1.82, 2.24) is 19.6 Å². The summed E-state index contributed by atoms with van der Waals surface area (Å²) in [7, 11) is 0. The smallest absolute Gasteiger partial charge is 0.157 e. The third-order valence-corrected chi connectivity index (χ3v) is 4.14. The van der Waals surface area contributed by atoms with Crippen LogP contribution in [-0.2, 0) is 0 Å². The van der Waals surface area contributed by atoms with Crippen LogP contribution in [0.3, 0.4) is 0 Å². The van der Waals surface area contributed by atoms with E-state index in [0.717, 1.165) is 29.9 Å². The fraction of sp³-hybridized carbons (Fsp3) is 0.312. The Hall–Kier alpha value is -2.63. The highest BCUT2D eigenvalue weighted by atomic mass is 15.3. The Balaban J connectivity index is 1.79. The average Bonchev–Trinajstić information content (AvgIpc) is 2.95. The van der Waals surface area contributed by atoms with Gasteiger partial charge in [0.05, 0.1) is 0 Å². The molecule has 0 amide bonds. The summed E-state index contributed by atoms with van der Waals surface area (Å²) in [6.07, 6.45) is 11.4. The molecule has 0 aromatic carbocycles. The fourth-order valence-corrected chi connectivity index (χ4v) is 3.05. The Bertz CT molecular complexity index is 803. The van der Waals surface area contributed by atoms with Crippen molar-refractivity contribution in [3.63, 3.8) is 0 Å². The minimum Gasteiger partial charge on any atom is -0.382 e. The number of hydrogen-bond acceptors (Lipinski definition) is 5. The van der Waals surface area contributed by atoms with Crippen LogP contribution in [0.4, 0.5) is 11.5 Å². The molecule has 112 valence electrons. The summed E-state index contributed by atoms with van der Waals surface area (Å²) in [6.45, 7) is 2.20. The zero-order chi connectivity index (χ0) is 14.9. The number of aromatic nitrogens is 4. The maximum absolute atomic E-state index is 5.73. The maximum atomic E-state index is 5.73. The molecule has 3 aromatic heterocycles. The Labute approximate surface area is 128 Å². The molecular formula is C16H18N6. The van der Waals surface area contributed by atoms with Gasteiger partial charge >= 0.3 is 0 Å². The van der Waals surface area contributed by atoms with E-state index >= 15 is 0 Å². The Morgan fingerprint density at radius 2 is 1.95 bits per heavy atom. The number of hydrogen-bond donors (Lipinski definition) is 1. The molecule has 1 aliphatic rings. The Morgan fingerprint density at radius 3 is 2.82 bits per heavy atom. The lowest BCUT2D eigenvalue weighted by molar-refractivity contribution is 0.578. The van der Waals surface area contributed by atoms with E-state index in [1.807, 2.05) is 24.8 Å². The molecule has 0 unspecified atom stereocenters. The standard InChI is InChI=1S/C16H18N6/c17-15-8-16-19-9-12(11-22(16)20-15)13-10-18-5-4-14(13)21-6-2-1-3-7-21/h4-5,8-11H,1-3,6-7H2,(H2,17,20). The molecule has 0 aliphatic carbocycles. The van der Waals surface area contributed by atoms with Crippen molar-refractivity contribution >= 4 is 17.2 Å². The second-order valence-electron chi connectivity index (χ2n) is 5.66. The minimum atomic E-state index is 0.479. The first-order chi connectivity index (χ1) is 10.8. The van der Waals surface area contributed by atoms with E-state index in [0.29, 0.717) is 5.82 Å². The summed E-state index contributed by atoms with van der Waals surface area (Å²) in [5.74, 6) is 0.479. The van der Waals surface area contributed by atoms with Crippen LogP contribution in [0.2, 0.25) is 0 Å². The first-order valence-electron chi connectivity index (χ1n) is 7.61. The average molecular weight is 294 g/mol. The molecular weight excluding hydrogens is 276 g/mol. The molecule has 1 saturated heterocycles. The summed E-state index contributed by atoms with van der Waals surface area (Å²) in [4.78, 5) is 11.2. The van der Waals surface area contributed by atoms with Gasteiger partial charge in [-0.05, 0) is 25.3 Å². The second kappa shape index (κ2) is 5.29. The third-order valence-electron chi connectivity index (χ3n) is 4.14. The molecule has 0 radical (unpaired) electrons. The zero-order valence-corrected chi connectivity index (χ0v) is 12.3. The van der Waals surface area contributed by atoms with E-state index in [9.17, 15) is 0 Å². The van der Waals surface area contributed by atoms with Gasteiger partial charge in [-0.15, -0.1) is 5.10 Å². The number of pyridine rings is 1. The maximum Gasteiger partial charge on any atom is 0.157 e. The van der Waals surface area contributed by atoms with E-state index < -0.39 is 0 Å². The topological polar surface area (TPSA) is 72.3 Å². The van der Waals surface area contributed by atoms with Gasteiger partial charge in [0.25, 0.3) is 0 Å². The van der Waals surface area contributed by atoms with Gasteiger partial charge in [-0.2, -0.15) is 0 Å². The molecule has 6 nitrogen and oxygen atoms in total. The van der Waals surface area contributed by atoms with Crippen molar-refractivity contribution in [2.75, 3.05) is 23.7 Å². The lowest BCUT2D eigenvalue weighted by Crippen LogP contribution is -2.29. The second-order valence-corrected chi connectivity index (χ2v) is 5.66. The number of nitrogen functional groups attached to an aromatic ring is 1. The van der Waals surface area contributed by atoms with Crippen molar-refractivity contribution in [3.05, 3.63) is 36.9 Å². The molecule has 3 aromatic rings. The number of nitrogens with zero attached hydrogens (tertiary/aromatic N) is 5. The quantitative estimate of drug-likeness (QED) is 0.785. The van der Waals surface area contributed by atoms with Gasteiger partial charge in [0.15, 0.2) is 5.65 Å². The molecule has 0 bridgehead atoms. The van der Waals surface area contributed by atoms with Crippen LogP contribution >= 0.6 is 0 Å². The molecule has 0 saturated carbocycles. The van der Waals surface area contributed by atoms with Gasteiger partial charge in [-0.3, -0.25) is 4.98 Å². The highest BCUT2D eigenvalue weighted by molar-refractivity contribution is 5.77. The Morgan fingerprint density at radius 1 is 1.09 bits per heavy atom. The van der Waals surface area contributed by atoms with Crippen molar-refractivity contribution < 1.29 is 0 Å². The monoisotopic (exact) mass is 294 g/mol. The van der Waals surface area contributed by atoms with E-state index in [2.05, 4.69) is 26.0 Å². The molecule has 22 heavy (non-hydrogen) atoms. The summed E-state index contributed by atoms with van der Waals surface area (Å²) in [6, 6.07) is 3.85. The zero-order valence-electron chi connectivity index (χ0n) is 12.3. The SMILES string of the molecule is Nc1cc2ncc(-c3cnccc3N3CCCCC3)cn2n1. The lowest BCUT2D eigenvalue weighted by Gasteiger charge is -2.30. The molecule has 4 rings (SSSR count). The fourth-order valence-electron chi connectivity index (χ4n) is 3.05. The minimum absolute atomic E-state index is 0.479. The van der Waals surface area contributed by atoms with Crippen molar-refractivity contribution in [2.24, 2.45) is 0 Å². The molecule has 1 fully saturated rings. The predicted molar refractivity (Wildman–Crippen MR) is 86.7 cm³/mol. The van der Waals surface area contributed by atoms with Crippen LogP contribution in [0.1, 0.15) is 19.3 Å². The van der Waals surface area contributed by atoms with Crippen molar-refractivity contribution in [3.8, 4) is 11.1 Å². The van der Waals surface area contributed by atoms with Crippen LogP contribution in [0.25, 0.3) is 16.8 Å². The number of anilines is 2. The molecule has 6 heteroatoms. The van der Waals surface area contributed by atoms with Crippen molar-refractivity contribution in [1.29, 1.82) is 0 Å². The van der Waals surface area contributed by atoms with Crippen LogP contribution in [0, 0.1) is 0 Å². The van der Waals surface area contributed by atoms with Crippen LogP contribution in [0.15, 0.2) is 36.9 Å². The van der Waals surface area contributed by atoms with Crippen molar-refractivity contribution in [2.45, 2.75) is 19.3 Å². The molecule has 0 atom stereocenters. The highest BCUT2D eigenvalue weighted by Crippen LogP contribution is 2.31. The summed E-state index contributed by atoms with van der Waals surface area (Å²) in [5.41, 5.74) is 9.80. The first kappa shape index (κ1) is 13.1. The molecule has 1 aliphatic heterocycles. The first-order valence-corrected chi connectivity index (χ1v) is 7.61.